The van der Waals surface area contributed by atoms with E-state index in [0.29, 0.717) is 31.7 Å². The SMILES string of the molecule is Cl.Cl.FC(F)(F)CC[C@@H](c1ccc(OC(F)(F)F)c(Cl)c1)N1CCNCC1. The lowest BCUT2D eigenvalue weighted by atomic mass is 9.99. The van der Waals surface area contributed by atoms with Crippen molar-refractivity contribution in [2.75, 3.05) is 26.2 Å². The van der Waals surface area contributed by atoms with Crippen molar-refractivity contribution in [2.24, 2.45) is 0 Å². The summed E-state index contributed by atoms with van der Waals surface area (Å²) in [5.74, 6) is -0.576. The Labute approximate surface area is 170 Å². The molecule has 1 aromatic rings. The molecule has 0 radical (unpaired) electrons. The molecule has 0 unspecified atom stereocenters. The monoisotopic (exact) mass is 462 g/mol. The smallest absolute Gasteiger partial charge is 0.404 e. The maximum Gasteiger partial charge on any atom is 0.573 e. The van der Waals surface area contributed by atoms with Crippen LogP contribution in [0.2, 0.25) is 5.02 Å². The summed E-state index contributed by atoms with van der Waals surface area (Å²) >= 11 is 5.83. The molecule has 1 heterocycles. The first-order valence-corrected chi connectivity index (χ1v) is 8.00. The zero-order valence-corrected chi connectivity index (χ0v) is 16.3. The van der Waals surface area contributed by atoms with Crippen LogP contribution in [-0.4, -0.2) is 43.6 Å². The molecule has 27 heavy (non-hydrogen) atoms. The summed E-state index contributed by atoms with van der Waals surface area (Å²) in [6, 6.07) is 3.02. The van der Waals surface area contributed by atoms with Crippen molar-refractivity contribution in [3.05, 3.63) is 28.8 Å². The third kappa shape index (κ3) is 8.95. The fraction of sp³-hybridized carbons (Fsp3) is 0.600. The maximum absolute atomic E-state index is 12.6. The van der Waals surface area contributed by atoms with Crippen molar-refractivity contribution in [3.8, 4) is 5.75 Å². The minimum atomic E-state index is -4.89. The van der Waals surface area contributed by atoms with Crippen molar-refractivity contribution >= 4 is 36.4 Å². The number of halogens is 9. The molecule has 2 rings (SSSR count). The van der Waals surface area contributed by atoms with Crippen LogP contribution in [-0.2, 0) is 0 Å². The van der Waals surface area contributed by atoms with Gasteiger partial charge in [-0.25, -0.2) is 0 Å². The van der Waals surface area contributed by atoms with Gasteiger partial charge in [0, 0.05) is 38.6 Å². The average molecular weight is 464 g/mol. The molecule has 1 N–H and O–H groups in total. The lowest BCUT2D eigenvalue weighted by molar-refractivity contribution is -0.274. The summed E-state index contributed by atoms with van der Waals surface area (Å²) in [7, 11) is 0. The average Bonchev–Trinajstić information content (AvgIpc) is 2.49. The second kappa shape index (κ2) is 10.8. The van der Waals surface area contributed by atoms with Crippen molar-refractivity contribution in [1.82, 2.24) is 10.2 Å². The molecule has 0 aromatic heterocycles. The van der Waals surface area contributed by atoms with E-state index in [2.05, 4.69) is 10.1 Å². The highest BCUT2D eigenvalue weighted by atomic mass is 35.5. The fourth-order valence-electron chi connectivity index (χ4n) is 2.79. The molecule has 12 heteroatoms. The minimum absolute atomic E-state index is 0. The molecule has 3 nitrogen and oxygen atoms in total. The summed E-state index contributed by atoms with van der Waals surface area (Å²) in [6.45, 7) is 2.35. The van der Waals surface area contributed by atoms with Crippen LogP contribution in [0.3, 0.4) is 0 Å². The molecule has 1 fully saturated rings. The lowest BCUT2D eigenvalue weighted by Crippen LogP contribution is -2.45. The molecule has 1 atom stereocenters. The van der Waals surface area contributed by atoms with E-state index in [9.17, 15) is 26.3 Å². The second-order valence-electron chi connectivity index (χ2n) is 5.69. The molecule has 0 saturated carbocycles. The zero-order chi connectivity index (χ0) is 18.7. The predicted octanol–water partition coefficient (Wildman–Crippen LogP) is 5.37. The maximum atomic E-state index is 12.6. The van der Waals surface area contributed by atoms with Gasteiger partial charge in [0.05, 0.1) is 5.02 Å². The van der Waals surface area contributed by atoms with E-state index in [1.165, 1.54) is 12.1 Å². The van der Waals surface area contributed by atoms with Crippen LogP contribution in [0.1, 0.15) is 24.4 Å². The van der Waals surface area contributed by atoms with Crippen LogP contribution >= 0.6 is 36.4 Å². The zero-order valence-electron chi connectivity index (χ0n) is 13.9. The molecule has 1 saturated heterocycles. The minimum Gasteiger partial charge on any atom is -0.404 e. The first-order valence-electron chi connectivity index (χ1n) is 7.62. The molecule has 1 aromatic carbocycles. The van der Waals surface area contributed by atoms with Crippen LogP contribution in [0, 0.1) is 0 Å². The summed E-state index contributed by atoms with van der Waals surface area (Å²) < 4.78 is 78.6. The number of benzene rings is 1. The van der Waals surface area contributed by atoms with Gasteiger partial charge in [-0.3, -0.25) is 4.90 Å². The highest BCUT2D eigenvalue weighted by molar-refractivity contribution is 6.32. The van der Waals surface area contributed by atoms with Gasteiger partial charge >= 0.3 is 12.5 Å². The first-order chi connectivity index (χ1) is 11.6. The molecule has 0 bridgehead atoms. The Morgan fingerprint density at radius 3 is 2.15 bits per heavy atom. The molecule has 0 amide bonds. The van der Waals surface area contributed by atoms with E-state index >= 15 is 0 Å². The Morgan fingerprint density at radius 2 is 1.67 bits per heavy atom. The molecular weight excluding hydrogens is 445 g/mol. The number of nitrogens with zero attached hydrogens (tertiary/aromatic N) is 1. The van der Waals surface area contributed by atoms with Crippen molar-refractivity contribution < 1.29 is 31.1 Å². The lowest BCUT2D eigenvalue weighted by Gasteiger charge is -2.35. The topological polar surface area (TPSA) is 24.5 Å². The number of nitrogens with one attached hydrogen (secondary N) is 1. The number of rotatable bonds is 5. The van der Waals surface area contributed by atoms with Gasteiger partial charge < -0.3 is 10.1 Å². The summed E-state index contributed by atoms with van der Waals surface area (Å²) in [5.41, 5.74) is 0.436. The molecule has 1 aliphatic rings. The van der Waals surface area contributed by atoms with E-state index in [0.717, 1.165) is 6.07 Å². The Hall–Kier alpha value is -0.610. The number of hydrogen-bond acceptors (Lipinski definition) is 3. The molecule has 0 aliphatic carbocycles. The van der Waals surface area contributed by atoms with E-state index in [1.807, 2.05) is 4.90 Å². The summed E-state index contributed by atoms with van der Waals surface area (Å²) in [6.07, 6.45) is -10.4. The summed E-state index contributed by atoms with van der Waals surface area (Å²) in [5, 5.41) is 2.81. The van der Waals surface area contributed by atoms with E-state index in [4.69, 9.17) is 11.6 Å². The predicted molar refractivity (Wildman–Crippen MR) is 95.1 cm³/mol. The first kappa shape index (κ1) is 26.4. The van der Waals surface area contributed by atoms with Gasteiger partial charge in [-0.2, -0.15) is 13.2 Å². The highest BCUT2D eigenvalue weighted by Gasteiger charge is 2.33. The molecular formula is C15H19Cl3F6N2O. The van der Waals surface area contributed by atoms with Gasteiger partial charge in [0.2, 0.25) is 0 Å². The van der Waals surface area contributed by atoms with Crippen LogP contribution in [0.25, 0.3) is 0 Å². The Kier molecular flexibility index (Phi) is 10.6. The second-order valence-corrected chi connectivity index (χ2v) is 6.10. The molecule has 0 spiro atoms. The van der Waals surface area contributed by atoms with Crippen LogP contribution in [0.5, 0.6) is 5.75 Å². The molecule has 158 valence electrons. The van der Waals surface area contributed by atoms with Gasteiger partial charge in [0.25, 0.3) is 0 Å². The fourth-order valence-corrected chi connectivity index (χ4v) is 3.01. The summed E-state index contributed by atoms with van der Waals surface area (Å²) in [4.78, 5) is 1.87. The van der Waals surface area contributed by atoms with Crippen LogP contribution in [0.15, 0.2) is 18.2 Å². The highest BCUT2D eigenvalue weighted by Crippen LogP contribution is 2.36. The number of piperazine rings is 1. The number of ether oxygens (including phenoxy) is 1. The van der Waals surface area contributed by atoms with E-state index in [1.54, 1.807) is 0 Å². The quantitative estimate of drug-likeness (QED) is 0.594. The van der Waals surface area contributed by atoms with E-state index in [-0.39, 0.29) is 36.3 Å². The third-order valence-electron chi connectivity index (χ3n) is 3.86. The molecule has 1 aliphatic heterocycles. The van der Waals surface area contributed by atoms with Gasteiger partial charge in [0.15, 0.2) is 0 Å². The standard InChI is InChI=1S/C15H17ClF6N2O.2ClH/c16-11-9-10(1-2-13(11)25-15(20,21)22)12(3-4-14(17,18)19)24-7-5-23-6-8-24;;/h1-2,9,12,23H,3-8H2;2*1H/t12-;;/m0../s1. The Bertz CT molecular complexity index is 580. The Morgan fingerprint density at radius 1 is 1.07 bits per heavy atom. The van der Waals surface area contributed by atoms with Crippen LogP contribution in [0.4, 0.5) is 26.3 Å². The van der Waals surface area contributed by atoms with E-state index < -0.39 is 30.8 Å². The number of alkyl halides is 6. The van der Waals surface area contributed by atoms with Crippen molar-refractivity contribution in [1.29, 1.82) is 0 Å². The van der Waals surface area contributed by atoms with Gasteiger partial charge in [-0.05, 0) is 24.1 Å². The third-order valence-corrected chi connectivity index (χ3v) is 4.16. The Balaban J connectivity index is 0.00000338. The van der Waals surface area contributed by atoms with Gasteiger partial charge in [0.1, 0.15) is 5.75 Å². The van der Waals surface area contributed by atoms with Crippen molar-refractivity contribution in [2.45, 2.75) is 31.4 Å². The largest absolute Gasteiger partial charge is 0.573 e. The van der Waals surface area contributed by atoms with Crippen molar-refractivity contribution in [3.63, 3.8) is 0 Å². The normalized spacial score (nSPS) is 16.9. The van der Waals surface area contributed by atoms with Gasteiger partial charge in [-0.1, -0.05) is 17.7 Å². The van der Waals surface area contributed by atoms with Gasteiger partial charge in [-0.15, -0.1) is 38.0 Å². The number of hydrogen-bond donors (Lipinski definition) is 1. The van der Waals surface area contributed by atoms with Crippen LogP contribution < -0.4 is 10.1 Å².